The molecule has 1 atom stereocenters. The van der Waals surface area contributed by atoms with Crippen molar-refractivity contribution in [2.45, 2.75) is 26.6 Å². The minimum Gasteiger partial charge on any atom is -0.485 e. The van der Waals surface area contributed by atoms with E-state index in [1.165, 1.54) is 6.92 Å². The SMILES string of the molecule is CC(=O)Nc1ccc(OCc2noc(C(=O)NC[C@@H](C)O)n2)cc1. The maximum atomic E-state index is 11.7. The van der Waals surface area contributed by atoms with E-state index in [-0.39, 0.29) is 30.8 Å². The van der Waals surface area contributed by atoms with Gasteiger partial charge in [0.25, 0.3) is 0 Å². The number of ether oxygens (including phenoxy) is 1. The minimum absolute atomic E-state index is 0.0205. The number of carbonyl (C=O) groups excluding carboxylic acids is 2. The average Bonchev–Trinajstić information content (AvgIpc) is 3.00. The lowest BCUT2D eigenvalue weighted by atomic mass is 10.3. The number of aliphatic hydroxyl groups excluding tert-OH is 1. The Balaban J connectivity index is 1.86. The van der Waals surface area contributed by atoms with Gasteiger partial charge < -0.3 is 25.0 Å². The van der Waals surface area contributed by atoms with E-state index in [0.717, 1.165) is 0 Å². The third kappa shape index (κ3) is 5.36. The first-order valence-corrected chi connectivity index (χ1v) is 7.23. The van der Waals surface area contributed by atoms with Gasteiger partial charge in [-0.1, -0.05) is 5.16 Å². The van der Waals surface area contributed by atoms with E-state index in [1.807, 2.05) is 0 Å². The summed E-state index contributed by atoms with van der Waals surface area (Å²) < 4.78 is 10.3. The molecule has 24 heavy (non-hydrogen) atoms. The molecule has 0 spiro atoms. The van der Waals surface area contributed by atoms with Crippen molar-refractivity contribution in [1.82, 2.24) is 15.5 Å². The molecule has 0 bridgehead atoms. The molecule has 0 fully saturated rings. The van der Waals surface area contributed by atoms with E-state index < -0.39 is 12.0 Å². The van der Waals surface area contributed by atoms with Crippen LogP contribution in [0.25, 0.3) is 0 Å². The first-order chi connectivity index (χ1) is 11.4. The van der Waals surface area contributed by atoms with Crippen LogP contribution < -0.4 is 15.4 Å². The molecule has 1 aromatic carbocycles. The van der Waals surface area contributed by atoms with Crippen LogP contribution in [0.5, 0.6) is 5.75 Å². The Bertz CT molecular complexity index is 696. The predicted octanol–water partition coefficient (Wildman–Crippen LogP) is 0.718. The Morgan fingerprint density at radius 3 is 2.67 bits per heavy atom. The van der Waals surface area contributed by atoms with Crippen molar-refractivity contribution >= 4 is 17.5 Å². The average molecular weight is 334 g/mol. The molecular weight excluding hydrogens is 316 g/mol. The van der Waals surface area contributed by atoms with Crippen LogP contribution >= 0.6 is 0 Å². The fourth-order valence-corrected chi connectivity index (χ4v) is 1.71. The van der Waals surface area contributed by atoms with Gasteiger partial charge in [-0.05, 0) is 31.2 Å². The zero-order chi connectivity index (χ0) is 17.5. The number of aromatic nitrogens is 2. The van der Waals surface area contributed by atoms with Gasteiger partial charge in [0.15, 0.2) is 6.61 Å². The summed E-state index contributed by atoms with van der Waals surface area (Å²) in [6.07, 6.45) is -0.667. The molecule has 1 aromatic heterocycles. The van der Waals surface area contributed by atoms with E-state index in [0.29, 0.717) is 11.4 Å². The van der Waals surface area contributed by atoms with Crippen molar-refractivity contribution in [3.05, 3.63) is 36.0 Å². The fraction of sp³-hybridized carbons (Fsp3) is 0.333. The smallest absolute Gasteiger partial charge is 0.316 e. The summed E-state index contributed by atoms with van der Waals surface area (Å²) in [5.41, 5.74) is 0.659. The van der Waals surface area contributed by atoms with E-state index >= 15 is 0 Å². The normalized spacial score (nSPS) is 11.6. The molecule has 3 N–H and O–H groups in total. The summed E-state index contributed by atoms with van der Waals surface area (Å²) >= 11 is 0. The van der Waals surface area contributed by atoms with Crippen LogP contribution in [0.3, 0.4) is 0 Å². The number of carbonyl (C=O) groups is 2. The van der Waals surface area contributed by atoms with Crippen molar-refractivity contribution in [3.63, 3.8) is 0 Å². The summed E-state index contributed by atoms with van der Waals surface area (Å²) in [6, 6.07) is 6.76. The summed E-state index contributed by atoms with van der Waals surface area (Å²) in [5.74, 6) is -0.154. The van der Waals surface area contributed by atoms with Gasteiger partial charge in [0, 0.05) is 19.2 Å². The Morgan fingerprint density at radius 1 is 1.33 bits per heavy atom. The Morgan fingerprint density at radius 2 is 2.04 bits per heavy atom. The predicted molar refractivity (Wildman–Crippen MR) is 83.4 cm³/mol. The zero-order valence-electron chi connectivity index (χ0n) is 13.3. The second kappa shape index (κ2) is 8.06. The summed E-state index contributed by atoms with van der Waals surface area (Å²) in [6.45, 7) is 3.08. The van der Waals surface area contributed by atoms with E-state index in [9.17, 15) is 9.59 Å². The van der Waals surface area contributed by atoms with Crippen molar-refractivity contribution in [2.75, 3.05) is 11.9 Å². The summed E-state index contributed by atoms with van der Waals surface area (Å²) in [7, 11) is 0. The van der Waals surface area contributed by atoms with Gasteiger partial charge in [0.1, 0.15) is 5.75 Å². The molecule has 0 saturated carbocycles. The van der Waals surface area contributed by atoms with Gasteiger partial charge in [-0.2, -0.15) is 4.98 Å². The Hall–Kier alpha value is -2.94. The number of hydrogen-bond acceptors (Lipinski definition) is 7. The molecule has 2 amide bonds. The minimum atomic E-state index is -0.667. The standard InChI is InChI=1S/C15H18N4O5/c1-9(20)7-16-14(22)15-18-13(19-24-15)8-23-12-5-3-11(4-6-12)17-10(2)21/h3-6,9,20H,7-8H2,1-2H3,(H,16,22)(H,17,21)/t9-/m1/s1. The maximum absolute atomic E-state index is 11.7. The van der Waals surface area contributed by atoms with Crippen molar-refractivity contribution < 1.29 is 24.0 Å². The van der Waals surface area contributed by atoms with E-state index in [2.05, 4.69) is 20.8 Å². The van der Waals surface area contributed by atoms with Crippen LogP contribution in [0.1, 0.15) is 30.4 Å². The van der Waals surface area contributed by atoms with Gasteiger partial charge in [0.05, 0.1) is 6.10 Å². The lowest BCUT2D eigenvalue weighted by Gasteiger charge is -2.05. The van der Waals surface area contributed by atoms with Gasteiger partial charge >= 0.3 is 11.8 Å². The van der Waals surface area contributed by atoms with Crippen molar-refractivity contribution in [1.29, 1.82) is 0 Å². The number of anilines is 1. The number of aliphatic hydroxyl groups is 1. The first kappa shape index (κ1) is 17.4. The number of amides is 2. The highest BCUT2D eigenvalue weighted by atomic mass is 16.5. The largest absolute Gasteiger partial charge is 0.485 e. The molecule has 0 saturated heterocycles. The van der Waals surface area contributed by atoms with Crippen LogP contribution in [-0.2, 0) is 11.4 Å². The third-order valence-corrected chi connectivity index (χ3v) is 2.76. The third-order valence-electron chi connectivity index (χ3n) is 2.76. The number of nitrogens with one attached hydrogen (secondary N) is 2. The van der Waals surface area contributed by atoms with Gasteiger partial charge in [-0.15, -0.1) is 0 Å². The van der Waals surface area contributed by atoms with Crippen LogP contribution in [-0.4, -0.2) is 39.7 Å². The van der Waals surface area contributed by atoms with Crippen molar-refractivity contribution in [2.24, 2.45) is 0 Å². The van der Waals surface area contributed by atoms with Crippen LogP contribution in [0.4, 0.5) is 5.69 Å². The lowest BCUT2D eigenvalue weighted by Crippen LogP contribution is -2.30. The number of benzene rings is 1. The molecule has 0 radical (unpaired) electrons. The molecule has 1 heterocycles. The quantitative estimate of drug-likeness (QED) is 0.681. The molecule has 0 aliphatic rings. The molecule has 9 heteroatoms. The van der Waals surface area contributed by atoms with Gasteiger partial charge in [0.2, 0.25) is 11.7 Å². The Labute approximate surface area is 138 Å². The molecular formula is C15H18N4O5. The highest BCUT2D eigenvalue weighted by molar-refractivity contribution is 5.89. The number of hydrogen-bond donors (Lipinski definition) is 3. The Kier molecular flexibility index (Phi) is 5.85. The number of rotatable bonds is 7. The second-order valence-electron chi connectivity index (χ2n) is 5.07. The van der Waals surface area contributed by atoms with Crippen molar-refractivity contribution in [3.8, 4) is 5.75 Å². The second-order valence-corrected chi connectivity index (χ2v) is 5.07. The topological polar surface area (TPSA) is 127 Å². The highest BCUT2D eigenvalue weighted by Crippen LogP contribution is 2.16. The summed E-state index contributed by atoms with van der Waals surface area (Å²) in [4.78, 5) is 26.5. The lowest BCUT2D eigenvalue weighted by molar-refractivity contribution is -0.114. The van der Waals surface area contributed by atoms with Gasteiger partial charge in [-0.25, -0.2) is 0 Å². The molecule has 0 aliphatic heterocycles. The fourth-order valence-electron chi connectivity index (χ4n) is 1.71. The zero-order valence-corrected chi connectivity index (χ0v) is 13.3. The molecule has 2 rings (SSSR count). The summed E-state index contributed by atoms with van der Waals surface area (Å²) in [5, 5.41) is 17.8. The van der Waals surface area contributed by atoms with E-state index in [4.69, 9.17) is 14.4 Å². The molecule has 128 valence electrons. The van der Waals surface area contributed by atoms with E-state index in [1.54, 1.807) is 31.2 Å². The maximum Gasteiger partial charge on any atom is 0.316 e. The van der Waals surface area contributed by atoms with Crippen LogP contribution in [0.2, 0.25) is 0 Å². The van der Waals surface area contributed by atoms with Crippen LogP contribution in [0.15, 0.2) is 28.8 Å². The monoisotopic (exact) mass is 334 g/mol. The molecule has 9 nitrogen and oxygen atoms in total. The molecule has 0 aliphatic carbocycles. The number of nitrogens with zero attached hydrogens (tertiary/aromatic N) is 2. The van der Waals surface area contributed by atoms with Crippen LogP contribution in [0, 0.1) is 0 Å². The molecule has 0 unspecified atom stereocenters. The highest BCUT2D eigenvalue weighted by Gasteiger charge is 2.15. The first-order valence-electron chi connectivity index (χ1n) is 7.23. The van der Waals surface area contributed by atoms with Gasteiger partial charge in [-0.3, -0.25) is 9.59 Å². The molecule has 2 aromatic rings.